The van der Waals surface area contributed by atoms with Crippen LogP contribution in [0.1, 0.15) is 90.9 Å². The maximum absolute atomic E-state index is 12.0. The third-order valence-corrected chi connectivity index (χ3v) is 6.07. The van der Waals surface area contributed by atoms with E-state index in [2.05, 4.69) is 6.92 Å². The van der Waals surface area contributed by atoms with Crippen LogP contribution < -0.4 is 5.73 Å². The Hall–Kier alpha value is -0.460. The zero-order valence-electron chi connectivity index (χ0n) is 15.5. The summed E-state index contributed by atoms with van der Waals surface area (Å²) < 4.78 is 31.5. The highest BCUT2D eigenvalue weighted by atomic mass is 32.2. The smallest absolute Gasteiger partial charge is 0.269 e. The van der Waals surface area contributed by atoms with Crippen molar-refractivity contribution in [1.29, 1.82) is 0 Å². The molecule has 2 atom stereocenters. The van der Waals surface area contributed by atoms with Gasteiger partial charge in [0.1, 0.15) is 11.0 Å². The Morgan fingerprint density at radius 2 is 1.33 bits per heavy atom. The lowest BCUT2D eigenvalue weighted by Crippen LogP contribution is -2.38. The Balaban J connectivity index is 3.68. The molecule has 0 aromatic heterocycles. The largest absolute Gasteiger partial charge is 0.329 e. The molecule has 0 saturated heterocycles. The number of hydrogen-bond acceptors (Lipinski definition) is 4. The normalized spacial score (nSPS) is 14.5. The van der Waals surface area contributed by atoms with E-state index in [1.807, 2.05) is 0 Å². The number of carbonyl (C=O) groups excluding carboxylic acids is 1. The average Bonchev–Trinajstić information content (AvgIpc) is 2.51. The molecule has 6 heteroatoms. The van der Waals surface area contributed by atoms with Crippen LogP contribution >= 0.6 is 0 Å². The molecule has 5 nitrogen and oxygen atoms in total. The minimum Gasteiger partial charge on any atom is -0.329 e. The Bertz CT molecular complexity index is 423. The molecular formula is C18H37NO4S. The summed E-state index contributed by atoms with van der Waals surface area (Å²) in [6.07, 6.45) is 13.7. The molecule has 0 heterocycles. The predicted molar refractivity (Wildman–Crippen MR) is 99.6 cm³/mol. The molecule has 0 spiro atoms. The van der Waals surface area contributed by atoms with Gasteiger partial charge in [0, 0.05) is 18.9 Å². The van der Waals surface area contributed by atoms with Crippen LogP contribution in [-0.2, 0) is 14.9 Å². The van der Waals surface area contributed by atoms with E-state index in [4.69, 9.17) is 10.3 Å². The number of hydrogen-bond donors (Lipinski definition) is 2. The van der Waals surface area contributed by atoms with Crippen molar-refractivity contribution in [3.63, 3.8) is 0 Å². The van der Waals surface area contributed by atoms with E-state index in [1.54, 1.807) is 0 Å². The predicted octanol–water partition coefficient (Wildman–Crippen LogP) is 4.11. The van der Waals surface area contributed by atoms with Crippen LogP contribution in [0.25, 0.3) is 0 Å². The van der Waals surface area contributed by atoms with Crippen molar-refractivity contribution >= 4 is 15.9 Å². The van der Waals surface area contributed by atoms with Crippen molar-refractivity contribution in [1.82, 2.24) is 0 Å². The van der Waals surface area contributed by atoms with Crippen LogP contribution in [0.2, 0.25) is 0 Å². The molecule has 0 amide bonds. The van der Waals surface area contributed by atoms with Gasteiger partial charge in [0.05, 0.1) is 0 Å². The lowest BCUT2D eigenvalue weighted by Gasteiger charge is -2.18. The molecule has 2 unspecified atom stereocenters. The molecule has 144 valence electrons. The van der Waals surface area contributed by atoms with E-state index < -0.39 is 21.3 Å². The summed E-state index contributed by atoms with van der Waals surface area (Å²) in [4.78, 5) is 12.0. The number of ketones is 1. The molecular weight excluding hydrogens is 326 g/mol. The number of carbonyl (C=O) groups is 1. The summed E-state index contributed by atoms with van der Waals surface area (Å²) in [6.45, 7) is 3.53. The van der Waals surface area contributed by atoms with Gasteiger partial charge in [-0.25, -0.2) is 0 Å². The first-order valence-corrected chi connectivity index (χ1v) is 11.0. The van der Waals surface area contributed by atoms with E-state index in [0.29, 0.717) is 6.42 Å². The SMILES string of the molecule is CCCCCCCCCCCCCC(=O)C(C)C(CN)S(=O)(=O)O. The van der Waals surface area contributed by atoms with Gasteiger partial charge < -0.3 is 5.73 Å². The van der Waals surface area contributed by atoms with E-state index in [1.165, 1.54) is 58.3 Å². The van der Waals surface area contributed by atoms with Crippen molar-refractivity contribution < 1.29 is 17.8 Å². The van der Waals surface area contributed by atoms with Crippen LogP contribution in [0.3, 0.4) is 0 Å². The zero-order valence-corrected chi connectivity index (χ0v) is 16.3. The van der Waals surface area contributed by atoms with Crippen molar-refractivity contribution in [3.8, 4) is 0 Å². The van der Waals surface area contributed by atoms with Crippen LogP contribution in [0, 0.1) is 5.92 Å². The molecule has 0 fully saturated rings. The van der Waals surface area contributed by atoms with Gasteiger partial charge >= 0.3 is 0 Å². The van der Waals surface area contributed by atoms with Crippen LogP contribution in [0.5, 0.6) is 0 Å². The highest BCUT2D eigenvalue weighted by Crippen LogP contribution is 2.17. The molecule has 0 aliphatic rings. The second kappa shape index (κ2) is 13.8. The van der Waals surface area contributed by atoms with Crippen molar-refractivity contribution in [2.75, 3.05) is 6.54 Å². The molecule has 3 N–H and O–H groups in total. The minimum atomic E-state index is -4.26. The molecule has 0 aliphatic carbocycles. The summed E-state index contributed by atoms with van der Waals surface area (Å²) in [5.41, 5.74) is 5.37. The monoisotopic (exact) mass is 363 g/mol. The summed E-state index contributed by atoms with van der Waals surface area (Å²) >= 11 is 0. The molecule has 0 aliphatic heterocycles. The lowest BCUT2D eigenvalue weighted by atomic mass is 9.97. The summed E-state index contributed by atoms with van der Waals surface area (Å²) in [5.74, 6) is -0.868. The Labute approximate surface area is 148 Å². The van der Waals surface area contributed by atoms with Crippen LogP contribution in [-0.4, -0.2) is 30.5 Å². The molecule has 0 saturated carbocycles. The first-order chi connectivity index (χ1) is 11.3. The van der Waals surface area contributed by atoms with Gasteiger partial charge in [0.2, 0.25) is 0 Å². The Morgan fingerprint density at radius 1 is 0.917 bits per heavy atom. The number of Topliss-reactive ketones (excluding diaryl/α,β-unsaturated/α-hetero) is 1. The maximum Gasteiger partial charge on any atom is 0.269 e. The highest BCUT2D eigenvalue weighted by molar-refractivity contribution is 7.86. The van der Waals surface area contributed by atoms with Gasteiger partial charge in [-0.3, -0.25) is 9.35 Å². The molecule has 0 aromatic rings. The topological polar surface area (TPSA) is 97.5 Å². The Kier molecular flexibility index (Phi) is 13.5. The van der Waals surface area contributed by atoms with E-state index >= 15 is 0 Å². The van der Waals surface area contributed by atoms with Gasteiger partial charge in [-0.1, -0.05) is 78.1 Å². The Morgan fingerprint density at radius 3 is 1.71 bits per heavy atom. The molecule has 0 bridgehead atoms. The first-order valence-electron chi connectivity index (χ1n) is 9.53. The number of nitrogens with two attached hydrogens (primary N) is 1. The van der Waals surface area contributed by atoms with E-state index in [9.17, 15) is 13.2 Å². The van der Waals surface area contributed by atoms with Gasteiger partial charge in [-0.05, 0) is 6.42 Å². The number of unbranched alkanes of at least 4 members (excludes halogenated alkanes) is 10. The molecule has 0 aromatic carbocycles. The standard InChI is InChI=1S/C18H37NO4S/c1-3-4-5-6-7-8-9-10-11-12-13-14-17(20)16(2)18(15-19)24(21,22)23/h16,18H,3-15,19H2,1-2H3,(H,21,22,23). The quantitative estimate of drug-likeness (QED) is 0.318. The fourth-order valence-corrected chi connectivity index (χ4v) is 3.89. The lowest BCUT2D eigenvalue weighted by molar-refractivity contribution is -0.122. The second-order valence-corrected chi connectivity index (χ2v) is 8.47. The first kappa shape index (κ1) is 23.5. The van der Waals surface area contributed by atoms with Gasteiger partial charge in [0.15, 0.2) is 0 Å². The summed E-state index contributed by atoms with van der Waals surface area (Å²) in [5, 5.41) is -1.18. The fraction of sp³-hybridized carbons (Fsp3) is 0.944. The van der Waals surface area contributed by atoms with E-state index in [0.717, 1.165) is 19.3 Å². The fourth-order valence-electron chi connectivity index (χ4n) is 2.98. The minimum absolute atomic E-state index is 0.126. The average molecular weight is 364 g/mol. The van der Waals surface area contributed by atoms with Crippen molar-refractivity contribution in [2.24, 2.45) is 11.7 Å². The maximum atomic E-state index is 12.0. The van der Waals surface area contributed by atoms with Gasteiger partial charge in [-0.15, -0.1) is 0 Å². The van der Waals surface area contributed by atoms with Gasteiger partial charge in [0.25, 0.3) is 10.1 Å². The molecule has 0 rings (SSSR count). The van der Waals surface area contributed by atoms with E-state index in [-0.39, 0.29) is 12.3 Å². The molecule has 24 heavy (non-hydrogen) atoms. The van der Waals surface area contributed by atoms with Crippen LogP contribution in [0.4, 0.5) is 0 Å². The van der Waals surface area contributed by atoms with Crippen molar-refractivity contribution in [2.45, 2.75) is 96.1 Å². The van der Waals surface area contributed by atoms with Crippen molar-refractivity contribution in [3.05, 3.63) is 0 Å². The highest BCUT2D eigenvalue weighted by Gasteiger charge is 2.31. The molecule has 0 radical (unpaired) electrons. The van der Waals surface area contributed by atoms with Crippen LogP contribution in [0.15, 0.2) is 0 Å². The van der Waals surface area contributed by atoms with Gasteiger partial charge in [-0.2, -0.15) is 8.42 Å². The number of rotatable bonds is 16. The second-order valence-electron chi connectivity index (χ2n) is 6.83. The zero-order chi connectivity index (χ0) is 18.4. The third kappa shape index (κ3) is 11.2. The third-order valence-electron chi connectivity index (χ3n) is 4.71. The summed E-state index contributed by atoms with van der Waals surface area (Å²) in [6, 6.07) is 0. The summed E-state index contributed by atoms with van der Waals surface area (Å²) in [7, 11) is -4.26.